The fourth-order valence-electron chi connectivity index (χ4n) is 5.73. The van der Waals surface area contributed by atoms with Crippen molar-refractivity contribution < 1.29 is 34.2 Å². The molecule has 0 spiro atoms. The Morgan fingerprint density at radius 2 is 1.50 bits per heavy atom. The van der Waals surface area contributed by atoms with E-state index in [9.17, 15) is 19.5 Å². The molecule has 3 atom stereocenters. The van der Waals surface area contributed by atoms with Crippen molar-refractivity contribution in [2.24, 2.45) is 0 Å². The Labute approximate surface area is 296 Å². The molecule has 1 heterocycles. The van der Waals surface area contributed by atoms with Gasteiger partial charge in [0.15, 0.2) is 6.29 Å². The van der Waals surface area contributed by atoms with Crippen molar-refractivity contribution >= 4 is 35.2 Å². The molecule has 0 aromatic heterocycles. The maximum Gasteiger partial charge on any atom is 0.243 e. The number of ether oxygens (including phenoxy) is 2. The largest absolute Gasteiger partial charge is 0.392 e. The second-order valence-electron chi connectivity index (χ2n) is 12.2. The van der Waals surface area contributed by atoms with Crippen LogP contribution in [0.2, 0.25) is 0 Å². The molecule has 0 radical (unpaired) electrons. The summed E-state index contributed by atoms with van der Waals surface area (Å²) in [7, 11) is 0. The highest BCUT2D eigenvalue weighted by Gasteiger charge is 2.32. The number of aliphatic hydroxyl groups is 1. The highest BCUT2D eigenvalue weighted by molar-refractivity contribution is 7.99. The first kappa shape index (κ1) is 36.8. The molecule has 50 heavy (non-hydrogen) atoms. The van der Waals surface area contributed by atoms with E-state index >= 15 is 0 Å². The normalized spacial score (nSPS) is 17.1. The van der Waals surface area contributed by atoms with Crippen molar-refractivity contribution in [1.29, 1.82) is 0 Å². The fourth-order valence-corrected chi connectivity index (χ4v) is 6.66. The van der Waals surface area contributed by atoms with Crippen LogP contribution in [0.3, 0.4) is 0 Å². The van der Waals surface area contributed by atoms with Crippen LogP contribution in [-0.4, -0.2) is 39.9 Å². The van der Waals surface area contributed by atoms with E-state index in [1.807, 2.05) is 97.1 Å². The Morgan fingerprint density at radius 1 is 0.820 bits per heavy atom. The monoisotopic (exact) mass is 697 g/mol. The highest BCUT2D eigenvalue weighted by atomic mass is 32.2. The number of benzene rings is 4. The van der Waals surface area contributed by atoms with Crippen molar-refractivity contribution in [3.8, 4) is 11.1 Å². The van der Waals surface area contributed by atoms with Crippen LogP contribution in [0.25, 0.3) is 11.1 Å². The molecular weight excluding hydrogens is 655 g/mol. The van der Waals surface area contributed by atoms with Crippen LogP contribution in [0, 0.1) is 0 Å². The van der Waals surface area contributed by atoms with E-state index in [1.165, 1.54) is 6.92 Å². The first-order valence-corrected chi connectivity index (χ1v) is 17.7. The first-order chi connectivity index (χ1) is 24.3. The van der Waals surface area contributed by atoms with E-state index in [-0.39, 0.29) is 37.0 Å². The molecule has 4 aromatic carbocycles. The minimum atomic E-state index is -0.592. The number of nitrogens with one attached hydrogen (secondary N) is 3. The van der Waals surface area contributed by atoms with E-state index in [4.69, 9.17) is 14.7 Å². The Kier molecular flexibility index (Phi) is 13.6. The summed E-state index contributed by atoms with van der Waals surface area (Å²) in [6.45, 7) is 1.84. The van der Waals surface area contributed by atoms with E-state index in [2.05, 4.69) is 10.6 Å². The van der Waals surface area contributed by atoms with Crippen LogP contribution in [0.5, 0.6) is 0 Å². The number of carbonyl (C=O) groups excluding carboxylic acids is 3. The minimum Gasteiger partial charge on any atom is -0.392 e. The number of carbonyl (C=O) groups is 3. The zero-order valence-electron chi connectivity index (χ0n) is 28.0. The van der Waals surface area contributed by atoms with Crippen LogP contribution in [-0.2, 0) is 37.0 Å². The quantitative estimate of drug-likeness (QED) is 0.0394. The van der Waals surface area contributed by atoms with Crippen LogP contribution >= 0.6 is 11.8 Å². The van der Waals surface area contributed by atoms with Crippen molar-refractivity contribution in [2.75, 3.05) is 11.1 Å². The standard InChI is InChI=1S/C39H43N3O7S/c1-26(44)41-32-18-20-34(21-19-32)50-25-33-22-36(29-12-10-27(24-43)11-13-29)49-39(48-33)30-16-14-28(15-17-30)35-7-3-2-6-31(35)23-40-37(45)8-4-5-9-38(46)42-47/h2-3,6-7,10-21,33,36,39,43,47H,4-5,8-9,22-25H2,1H3,(H,40,45)(H,41,44)(H,42,46). The molecule has 4 aromatic rings. The Bertz CT molecular complexity index is 1720. The van der Waals surface area contributed by atoms with Gasteiger partial charge < -0.3 is 25.2 Å². The lowest BCUT2D eigenvalue weighted by atomic mass is 9.97. The molecule has 5 rings (SSSR count). The van der Waals surface area contributed by atoms with Gasteiger partial charge in [0, 0.05) is 54.6 Å². The van der Waals surface area contributed by atoms with E-state index < -0.39 is 12.2 Å². The number of rotatable bonds is 15. The number of anilines is 1. The molecule has 1 aliphatic heterocycles. The van der Waals surface area contributed by atoms with Crippen molar-refractivity contribution in [1.82, 2.24) is 10.8 Å². The summed E-state index contributed by atoms with van der Waals surface area (Å²) in [6, 6.07) is 31.6. The topological polar surface area (TPSA) is 146 Å². The predicted molar refractivity (Wildman–Crippen MR) is 192 cm³/mol. The summed E-state index contributed by atoms with van der Waals surface area (Å²) >= 11 is 1.69. The summed E-state index contributed by atoms with van der Waals surface area (Å²) in [6.07, 6.45) is 1.31. The zero-order valence-corrected chi connectivity index (χ0v) is 28.8. The molecular formula is C39H43N3O7S. The SMILES string of the molecule is CC(=O)Nc1ccc(SCC2CC(c3ccc(CO)cc3)OC(c3ccc(-c4ccccc4CNC(=O)CCCCC(=O)NO)cc3)O2)cc1. The molecule has 3 amide bonds. The third-order valence-corrected chi connectivity index (χ3v) is 9.54. The maximum absolute atomic E-state index is 12.4. The summed E-state index contributed by atoms with van der Waals surface area (Å²) < 4.78 is 13.1. The molecule has 0 aliphatic carbocycles. The molecule has 0 saturated carbocycles. The predicted octanol–water partition coefficient (Wildman–Crippen LogP) is 6.82. The van der Waals surface area contributed by atoms with Gasteiger partial charge in [0.1, 0.15) is 0 Å². The van der Waals surface area contributed by atoms with Crippen LogP contribution < -0.4 is 16.1 Å². The lowest BCUT2D eigenvalue weighted by molar-refractivity contribution is -0.245. The fraction of sp³-hybridized carbons (Fsp3) is 0.308. The van der Waals surface area contributed by atoms with Crippen LogP contribution in [0.15, 0.2) is 102 Å². The number of hydrogen-bond acceptors (Lipinski definition) is 8. The van der Waals surface area contributed by atoms with Gasteiger partial charge in [-0.1, -0.05) is 72.8 Å². The van der Waals surface area contributed by atoms with Gasteiger partial charge in [0.05, 0.1) is 18.8 Å². The van der Waals surface area contributed by atoms with Crippen LogP contribution in [0.1, 0.15) is 73.7 Å². The Balaban J connectivity index is 1.25. The van der Waals surface area contributed by atoms with E-state index in [0.29, 0.717) is 38.0 Å². The van der Waals surface area contributed by atoms with Gasteiger partial charge in [0.2, 0.25) is 17.7 Å². The van der Waals surface area contributed by atoms with Gasteiger partial charge in [0.25, 0.3) is 0 Å². The van der Waals surface area contributed by atoms with Gasteiger partial charge in [-0.15, -0.1) is 11.8 Å². The number of unbranched alkanes of at least 4 members (excludes halogenated alkanes) is 1. The lowest BCUT2D eigenvalue weighted by Gasteiger charge is -2.36. The second kappa shape index (κ2) is 18.5. The number of aliphatic hydroxyl groups excluding tert-OH is 1. The lowest BCUT2D eigenvalue weighted by Crippen LogP contribution is -2.31. The van der Waals surface area contributed by atoms with Crippen molar-refractivity contribution in [3.05, 3.63) is 119 Å². The third kappa shape index (κ3) is 10.7. The number of amides is 3. The molecule has 1 saturated heterocycles. The molecule has 3 unspecified atom stereocenters. The molecule has 262 valence electrons. The van der Waals surface area contributed by atoms with Gasteiger partial charge in [-0.05, 0) is 64.9 Å². The Morgan fingerprint density at radius 3 is 2.18 bits per heavy atom. The average Bonchev–Trinajstić information content (AvgIpc) is 3.15. The zero-order chi connectivity index (χ0) is 35.3. The summed E-state index contributed by atoms with van der Waals surface area (Å²) in [5.41, 5.74) is 8.09. The van der Waals surface area contributed by atoms with E-state index in [1.54, 1.807) is 17.2 Å². The number of thioether (sulfide) groups is 1. The molecule has 5 N–H and O–H groups in total. The molecule has 1 fully saturated rings. The highest BCUT2D eigenvalue weighted by Crippen LogP contribution is 2.40. The van der Waals surface area contributed by atoms with Crippen molar-refractivity contribution in [2.45, 2.75) is 75.6 Å². The first-order valence-electron chi connectivity index (χ1n) is 16.7. The van der Waals surface area contributed by atoms with Crippen molar-refractivity contribution in [3.63, 3.8) is 0 Å². The van der Waals surface area contributed by atoms with Gasteiger partial charge in [-0.2, -0.15) is 0 Å². The third-order valence-electron chi connectivity index (χ3n) is 8.40. The van der Waals surface area contributed by atoms with Gasteiger partial charge in [-0.25, -0.2) is 5.48 Å². The van der Waals surface area contributed by atoms with Gasteiger partial charge in [-0.3, -0.25) is 19.6 Å². The summed E-state index contributed by atoms with van der Waals surface area (Å²) in [5.74, 6) is 0.0479. The summed E-state index contributed by atoms with van der Waals surface area (Å²) in [5, 5.41) is 23.9. The minimum absolute atomic E-state index is 0.0211. The number of hydroxylamine groups is 1. The van der Waals surface area contributed by atoms with Gasteiger partial charge >= 0.3 is 0 Å². The molecule has 11 heteroatoms. The second-order valence-corrected chi connectivity index (χ2v) is 13.3. The van der Waals surface area contributed by atoms with E-state index in [0.717, 1.165) is 44.0 Å². The van der Waals surface area contributed by atoms with Crippen LogP contribution in [0.4, 0.5) is 5.69 Å². The Hall–Kier alpha value is -4.52. The smallest absolute Gasteiger partial charge is 0.243 e. The average molecular weight is 698 g/mol. The molecule has 10 nitrogen and oxygen atoms in total. The maximum atomic E-state index is 12.4. The molecule has 0 bridgehead atoms. The number of hydrogen-bond donors (Lipinski definition) is 5. The summed E-state index contributed by atoms with van der Waals surface area (Å²) in [4.78, 5) is 36.1. The molecule has 1 aliphatic rings.